The van der Waals surface area contributed by atoms with Crippen LogP contribution in [-0.2, 0) is 4.79 Å². The number of amides is 1. The third-order valence-electron chi connectivity index (χ3n) is 2.08. The first-order valence-corrected chi connectivity index (χ1v) is 5.06. The van der Waals surface area contributed by atoms with Crippen molar-refractivity contribution in [2.75, 3.05) is 17.6 Å². The summed E-state index contributed by atoms with van der Waals surface area (Å²) in [4.78, 5) is 20.6. The number of anilines is 2. The standard InChI is InChI=1S/C10H14N4O3/c11-7-4-8(6-9(5-7)14(16)17)13-3-1-2-10(12)15/h4-6,13H,1-3,11H2,(H2,12,15). The number of nitro groups is 1. The van der Waals surface area contributed by atoms with Gasteiger partial charge in [0.15, 0.2) is 0 Å². The van der Waals surface area contributed by atoms with Crippen molar-refractivity contribution < 1.29 is 9.72 Å². The number of non-ortho nitro benzene ring substituents is 1. The highest BCUT2D eigenvalue weighted by Gasteiger charge is 2.08. The van der Waals surface area contributed by atoms with Crippen LogP contribution in [0.2, 0.25) is 0 Å². The lowest BCUT2D eigenvalue weighted by atomic mass is 10.2. The minimum absolute atomic E-state index is 0.0672. The molecule has 0 atom stereocenters. The van der Waals surface area contributed by atoms with Crippen molar-refractivity contribution in [1.82, 2.24) is 0 Å². The second kappa shape index (κ2) is 5.69. The van der Waals surface area contributed by atoms with E-state index in [1.807, 2.05) is 0 Å². The lowest BCUT2D eigenvalue weighted by molar-refractivity contribution is -0.384. The van der Waals surface area contributed by atoms with Crippen LogP contribution in [0.25, 0.3) is 0 Å². The Kier molecular flexibility index (Phi) is 4.27. The maximum Gasteiger partial charge on any atom is 0.273 e. The van der Waals surface area contributed by atoms with Crippen LogP contribution >= 0.6 is 0 Å². The molecule has 0 aliphatic heterocycles. The van der Waals surface area contributed by atoms with Crippen molar-refractivity contribution in [2.24, 2.45) is 5.73 Å². The average Bonchev–Trinajstić information content (AvgIpc) is 2.23. The van der Waals surface area contributed by atoms with Gasteiger partial charge in [0.1, 0.15) is 0 Å². The summed E-state index contributed by atoms with van der Waals surface area (Å²) >= 11 is 0. The van der Waals surface area contributed by atoms with Gasteiger partial charge in [-0.15, -0.1) is 0 Å². The molecule has 0 radical (unpaired) electrons. The Morgan fingerprint density at radius 3 is 2.71 bits per heavy atom. The molecular weight excluding hydrogens is 224 g/mol. The minimum atomic E-state index is -0.509. The van der Waals surface area contributed by atoms with Gasteiger partial charge in [-0.2, -0.15) is 0 Å². The summed E-state index contributed by atoms with van der Waals surface area (Å²) in [6, 6.07) is 4.27. The number of hydrogen-bond donors (Lipinski definition) is 3. The molecule has 92 valence electrons. The van der Waals surface area contributed by atoms with Gasteiger partial charge in [-0.3, -0.25) is 14.9 Å². The van der Waals surface area contributed by atoms with Crippen LogP contribution in [0.5, 0.6) is 0 Å². The van der Waals surface area contributed by atoms with E-state index < -0.39 is 4.92 Å². The van der Waals surface area contributed by atoms with Crippen molar-refractivity contribution in [1.29, 1.82) is 0 Å². The topological polar surface area (TPSA) is 124 Å². The van der Waals surface area contributed by atoms with Gasteiger partial charge >= 0.3 is 0 Å². The number of primary amides is 1. The molecule has 17 heavy (non-hydrogen) atoms. The number of rotatable bonds is 6. The van der Waals surface area contributed by atoms with Crippen LogP contribution in [-0.4, -0.2) is 17.4 Å². The smallest absolute Gasteiger partial charge is 0.273 e. The van der Waals surface area contributed by atoms with Crippen molar-refractivity contribution >= 4 is 23.0 Å². The number of nitrogens with two attached hydrogens (primary N) is 2. The maximum absolute atomic E-state index is 10.6. The molecule has 0 spiro atoms. The monoisotopic (exact) mass is 238 g/mol. The maximum atomic E-state index is 10.6. The Morgan fingerprint density at radius 2 is 2.12 bits per heavy atom. The first-order valence-electron chi connectivity index (χ1n) is 5.06. The van der Waals surface area contributed by atoms with E-state index in [4.69, 9.17) is 11.5 Å². The number of carbonyl (C=O) groups excluding carboxylic acids is 1. The summed E-state index contributed by atoms with van der Waals surface area (Å²) < 4.78 is 0. The van der Waals surface area contributed by atoms with Gasteiger partial charge in [0, 0.05) is 36.5 Å². The first kappa shape index (κ1) is 12.8. The Labute approximate surface area is 97.9 Å². The van der Waals surface area contributed by atoms with Crippen LogP contribution < -0.4 is 16.8 Å². The van der Waals surface area contributed by atoms with Gasteiger partial charge in [0.2, 0.25) is 5.91 Å². The molecular formula is C10H14N4O3. The van der Waals surface area contributed by atoms with Crippen LogP contribution in [0, 0.1) is 10.1 Å². The molecule has 0 unspecified atom stereocenters. The fourth-order valence-electron chi connectivity index (χ4n) is 1.34. The van der Waals surface area contributed by atoms with Crippen molar-refractivity contribution in [3.8, 4) is 0 Å². The van der Waals surface area contributed by atoms with Gasteiger partial charge in [0.05, 0.1) is 4.92 Å². The molecule has 5 N–H and O–H groups in total. The van der Waals surface area contributed by atoms with E-state index in [-0.39, 0.29) is 18.0 Å². The number of nitrogens with one attached hydrogen (secondary N) is 1. The molecule has 1 aromatic rings. The van der Waals surface area contributed by atoms with Gasteiger partial charge in [-0.1, -0.05) is 0 Å². The molecule has 1 aromatic carbocycles. The fourth-order valence-corrected chi connectivity index (χ4v) is 1.34. The van der Waals surface area contributed by atoms with E-state index in [1.165, 1.54) is 12.1 Å². The molecule has 0 aromatic heterocycles. The molecule has 0 fully saturated rings. The van der Waals surface area contributed by atoms with E-state index in [2.05, 4.69) is 5.32 Å². The normalized spacial score (nSPS) is 9.88. The second-order valence-electron chi connectivity index (χ2n) is 3.57. The molecule has 0 aliphatic carbocycles. The third-order valence-corrected chi connectivity index (χ3v) is 2.08. The van der Waals surface area contributed by atoms with E-state index in [0.717, 1.165) is 0 Å². The Morgan fingerprint density at radius 1 is 1.41 bits per heavy atom. The highest BCUT2D eigenvalue weighted by atomic mass is 16.6. The number of nitro benzene ring substituents is 1. The quantitative estimate of drug-likeness (QED) is 0.293. The first-order chi connectivity index (χ1) is 7.99. The van der Waals surface area contributed by atoms with Crippen LogP contribution in [0.15, 0.2) is 18.2 Å². The zero-order valence-corrected chi connectivity index (χ0v) is 9.18. The van der Waals surface area contributed by atoms with Gasteiger partial charge in [-0.05, 0) is 12.5 Å². The number of nitrogens with zero attached hydrogens (tertiary/aromatic N) is 1. The lowest BCUT2D eigenvalue weighted by Gasteiger charge is -2.06. The van der Waals surface area contributed by atoms with E-state index in [9.17, 15) is 14.9 Å². The minimum Gasteiger partial charge on any atom is -0.398 e. The van der Waals surface area contributed by atoms with Crippen LogP contribution in [0.4, 0.5) is 17.1 Å². The SMILES string of the molecule is NC(=O)CCCNc1cc(N)cc([N+](=O)[O-])c1. The molecule has 1 amide bonds. The zero-order chi connectivity index (χ0) is 12.8. The van der Waals surface area contributed by atoms with E-state index in [0.29, 0.717) is 24.3 Å². The largest absolute Gasteiger partial charge is 0.398 e. The van der Waals surface area contributed by atoms with Crippen molar-refractivity contribution in [3.63, 3.8) is 0 Å². The molecule has 7 nitrogen and oxygen atoms in total. The van der Waals surface area contributed by atoms with Gasteiger partial charge < -0.3 is 16.8 Å². The Balaban J connectivity index is 2.59. The summed E-state index contributed by atoms with van der Waals surface area (Å²) in [6.07, 6.45) is 0.843. The summed E-state index contributed by atoms with van der Waals surface area (Å²) in [5.74, 6) is -0.370. The molecule has 7 heteroatoms. The molecule has 0 bridgehead atoms. The zero-order valence-electron chi connectivity index (χ0n) is 9.18. The van der Waals surface area contributed by atoms with E-state index >= 15 is 0 Å². The highest BCUT2D eigenvalue weighted by molar-refractivity contribution is 5.73. The fraction of sp³-hybridized carbons (Fsp3) is 0.300. The highest BCUT2D eigenvalue weighted by Crippen LogP contribution is 2.22. The lowest BCUT2D eigenvalue weighted by Crippen LogP contribution is -2.12. The number of carbonyl (C=O) groups is 1. The average molecular weight is 238 g/mol. The van der Waals surface area contributed by atoms with Crippen molar-refractivity contribution in [2.45, 2.75) is 12.8 Å². The molecule has 0 heterocycles. The summed E-state index contributed by atoms with van der Waals surface area (Å²) in [5, 5.41) is 13.5. The second-order valence-corrected chi connectivity index (χ2v) is 3.57. The van der Waals surface area contributed by atoms with Gasteiger partial charge in [0.25, 0.3) is 5.69 Å². The third kappa shape index (κ3) is 4.37. The number of benzene rings is 1. The molecule has 1 rings (SSSR count). The predicted molar refractivity (Wildman–Crippen MR) is 64.4 cm³/mol. The summed E-state index contributed by atoms with van der Waals surface area (Å²) in [7, 11) is 0. The van der Waals surface area contributed by atoms with Gasteiger partial charge in [-0.25, -0.2) is 0 Å². The Hall–Kier alpha value is -2.31. The number of nitrogen functional groups attached to an aromatic ring is 1. The van der Waals surface area contributed by atoms with Crippen LogP contribution in [0.3, 0.4) is 0 Å². The summed E-state index contributed by atoms with van der Waals surface area (Å²) in [5.41, 5.74) is 11.3. The molecule has 0 saturated heterocycles. The van der Waals surface area contributed by atoms with Crippen LogP contribution in [0.1, 0.15) is 12.8 Å². The Bertz CT molecular complexity index is 434. The van der Waals surface area contributed by atoms with E-state index in [1.54, 1.807) is 6.07 Å². The summed E-state index contributed by atoms with van der Waals surface area (Å²) in [6.45, 7) is 0.504. The molecule has 0 saturated carbocycles. The molecule has 0 aliphatic rings. The predicted octanol–water partition coefficient (Wildman–Crippen LogP) is 0.854. The van der Waals surface area contributed by atoms with Crippen molar-refractivity contribution in [3.05, 3.63) is 28.3 Å². The number of hydrogen-bond acceptors (Lipinski definition) is 5.